The van der Waals surface area contributed by atoms with Crippen LogP contribution >= 0.6 is 0 Å². The maximum atomic E-state index is 12.1. The molecule has 1 atom stereocenters. The molecule has 1 amide bonds. The monoisotopic (exact) mass is 264 g/mol. The second-order valence-electron chi connectivity index (χ2n) is 4.42. The van der Waals surface area contributed by atoms with Crippen molar-refractivity contribution in [3.63, 3.8) is 0 Å². The van der Waals surface area contributed by atoms with E-state index in [0.717, 1.165) is 11.3 Å². The first kappa shape index (κ1) is 13.8. The van der Waals surface area contributed by atoms with Crippen molar-refractivity contribution in [3.05, 3.63) is 29.8 Å². The number of nitrogens with one attached hydrogen (secondary N) is 1. The van der Waals surface area contributed by atoms with Crippen LogP contribution in [0.1, 0.15) is 17.9 Å². The lowest BCUT2D eigenvalue weighted by molar-refractivity contribution is -0.123. The van der Waals surface area contributed by atoms with Crippen molar-refractivity contribution in [2.75, 3.05) is 32.9 Å². The van der Waals surface area contributed by atoms with E-state index in [2.05, 4.69) is 5.32 Å². The number of carbonyl (C=O) groups excluding carboxylic acids is 1. The lowest BCUT2D eigenvalue weighted by atomic mass is 9.92. The van der Waals surface area contributed by atoms with Gasteiger partial charge in [0.05, 0.1) is 25.7 Å². The maximum Gasteiger partial charge on any atom is 0.227 e. The van der Waals surface area contributed by atoms with Gasteiger partial charge in [-0.2, -0.15) is 0 Å². The number of para-hydroxylation sites is 1. The van der Waals surface area contributed by atoms with Gasteiger partial charge in [0, 0.05) is 18.7 Å². The number of carbonyl (C=O) groups is 1. The summed E-state index contributed by atoms with van der Waals surface area (Å²) in [5.74, 6) is 0.722. The summed E-state index contributed by atoms with van der Waals surface area (Å²) in [4.78, 5) is 12.1. The highest BCUT2D eigenvalue weighted by Gasteiger charge is 2.26. The number of ether oxygens (including phenoxy) is 2. The minimum absolute atomic E-state index is 0.0344. The van der Waals surface area contributed by atoms with Crippen LogP contribution in [-0.4, -0.2) is 38.8 Å². The van der Waals surface area contributed by atoms with Crippen LogP contribution in [0.25, 0.3) is 0 Å². The van der Waals surface area contributed by atoms with Crippen molar-refractivity contribution < 1.29 is 14.3 Å². The van der Waals surface area contributed by atoms with Crippen molar-refractivity contribution in [1.29, 1.82) is 0 Å². The molecule has 0 saturated heterocycles. The Kier molecular flexibility index (Phi) is 5.18. The van der Waals surface area contributed by atoms with Gasteiger partial charge >= 0.3 is 0 Å². The Morgan fingerprint density at radius 3 is 3.11 bits per heavy atom. The van der Waals surface area contributed by atoms with Crippen LogP contribution in [-0.2, 0) is 9.53 Å². The topological polar surface area (TPSA) is 73.6 Å². The molecular formula is C14H20N2O3. The molecule has 1 aromatic rings. The number of benzene rings is 1. The molecule has 0 spiro atoms. The Bertz CT molecular complexity index is 423. The van der Waals surface area contributed by atoms with Crippen molar-refractivity contribution in [1.82, 2.24) is 5.32 Å². The molecule has 3 N–H and O–H groups in total. The van der Waals surface area contributed by atoms with Gasteiger partial charge in [-0.25, -0.2) is 0 Å². The first-order chi connectivity index (χ1) is 9.33. The average molecular weight is 264 g/mol. The standard InChI is InChI=1S/C14H20N2O3/c15-6-9-18-10-7-16-14(17)12-5-8-19-13-4-2-1-3-11(12)13/h1-4,12H,5-10,15H2,(H,16,17). The van der Waals surface area contributed by atoms with Gasteiger partial charge in [0.25, 0.3) is 0 Å². The minimum atomic E-state index is -0.126. The van der Waals surface area contributed by atoms with Gasteiger partial charge < -0.3 is 20.5 Å². The van der Waals surface area contributed by atoms with Crippen molar-refractivity contribution in [3.8, 4) is 5.75 Å². The fourth-order valence-corrected chi connectivity index (χ4v) is 2.17. The second-order valence-corrected chi connectivity index (χ2v) is 4.42. The molecule has 0 bridgehead atoms. The van der Waals surface area contributed by atoms with Gasteiger partial charge in [0.1, 0.15) is 5.75 Å². The Morgan fingerprint density at radius 2 is 2.26 bits per heavy atom. The molecule has 1 aromatic carbocycles. The number of hydrogen-bond acceptors (Lipinski definition) is 4. The molecule has 5 nitrogen and oxygen atoms in total. The lowest BCUT2D eigenvalue weighted by Crippen LogP contribution is -2.34. The van der Waals surface area contributed by atoms with E-state index in [1.807, 2.05) is 24.3 Å². The largest absolute Gasteiger partial charge is 0.493 e. The smallest absolute Gasteiger partial charge is 0.227 e. The number of nitrogens with two attached hydrogens (primary N) is 1. The number of hydrogen-bond donors (Lipinski definition) is 2. The highest BCUT2D eigenvalue weighted by Crippen LogP contribution is 2.33. The molecule has 0 aliphatic carbocycles. The third-order valence-corrected chi connectivity index (χ3v) is 3.08. The first-order valence-corrected chi connectivity index (χ1v) is 6.60. The lowest BCUT2D eigenvalue weighted by Gasteiger charge is -2.25. The van der Waals surface area contributed by atoms with E-state index >= 15 is 0 Å². The molecule has 0 radical (unpaired) electrons. The van der Waals surface area contributed by atoms with E-state index in [0.29, 0.717) is 39.3 Å². The van der Waals surface area contributed by atoms with E-state index in [1.165, 1.54) is 0 Å². The summed E-state index contributed by atoms with van der Waals surface area (Å²) in [6.07, 6.45) is 0.715. The van der Waals surface area contributed by atoms with Crippen LogP contribution in [0.3, 0.4) is 0 Å². The predicted molar refractivity (Wildman–Crippen MR) is 72.2 cm³/mol. The van der Waals surface area contributed by atoms with Gasteiger partial charge in [0.15, 0.2) is 0 Å². The summed E-state index contributed by atoms with van der Waals surface area (Å²) in [5.41, 5.74) is 6.28. The molecule has 104 valence electrons. The molecular weight excluding hydrogens is 244 g/mol. The van der Waals surface area contributed by atoms with Crippen LogP contribution in [0.4, 0.5) is 0 Å². The van der Waals surface area contributed by atoms with E-state index in [9.17, 15) is 4.79 Å². The molecule has 0 saturated carbocycles. The fraction of sp³-hybridized carbons (Fsp3) is 0.500. The van der Waals surface area contributed by atoms with Crippen LogP contribution in [0, 0.1) is 0 Å². The van der Waals surface area contributed by atoms with Crippen LogP contribution in [0.15, 0.2) is 24.3 Å². The first-order valence-electron chi connectivity index (χ1n) is 6.60. The van der Waals surface area contributed by atoms with E-state index in [4.69, 9.17) is 15.2 Å². The summed E-state index contributed by atoms with van der Waals surface area (Å²) in [6.45, 7) is 2.61. The third kappa shape index (κ3) is 3.68. The zero-order valence-corrected chi connectivity index (χ0v) is 10.9. The normalized spacial score (nSPS) is 17.4. The van der Waals surface area contributed by atoms with Crippen LogP contribution in [0.2, 0.25) is 0 Å². The van der Waals surface area contributed by atoms with Gasteiger partial charge in [-0.3, -0.25) is 4.79 Å². The number of fused-ring (bicyclic) bond motifs is 1. The Labute approximate surface area is 113 Å². The van der Waals surface area contributed by atoms with Crippen molar-refractivity contribution in [2.45, 2.75) is 12.3 Å². The van der Waals surface area contributed by atoms with Gasteiger partial charge in [-0.1, -0.05) is 18.2 Å². The average Bonchev–Trinajstić information content (AvgIpc) is 2.46. The second kappa shape index (κ2) is 7.11. The molecule has 0 aromatic heterocycles. The molecule has 0 fully saturated rings. The quantitative estimate of drug-likeness (QED) is 0.740. The summed E-state index contributed by atoms with van der Waals surface area (Å²) >= 11 is 0. The molecule has 1 aliphatic heterocycles. The summed E-state index contributed by atoms with van der Waals surface area (Å²) in [5, 5.41) is 2.89. The maximum absolute atomic E-state index is 12.1. The third-order valence-electron chi connectivity index (χ3n) is 3.08. The zero-order chi connectivity index (χ0) is 13.5. The molecule has 1 heterocycles. The van der Waals surface area contributed by atoms with Gasteiger partial charge in [-0.05, 0) is 12.5 Å². The van der Waals surface area contributed by atoms with E-state index in [-0.39, 0.29) is 11.8 Å². The molecule has 1 aliphatic rings. The molecule has 1 unspecified atom stereocenters. The zero-order valence-electron chi connectivity index (χ0n) is 10.9. The van der Waals surface area contributed by atoms with Crippen LogP contribution < -0.4 is 15.8 Å². The Balaban J connectivity index is 1.86. The molecule has 2 rings (SSSR count). The Hall–Kier alpha value is -1.59. The van der Waals surface area contributed by atoms with Crippen molar-refractivity contribution in [2.24, 2.45) is 5.73 Å². The van der Waals surface area contributed by atoms with Gasteiger partial charge in [0.2, 0.25) is 5.91 Å². The summed E-state index contributed by atoms with van der Waals surface area (Å²) in [7, 11) is 0. The van der Waals surface area contributed by atoms with Crippen LogP contribution in [0.5, 0.6) is 5.75 Å². The van der Waals surface area contributed by atoms with Gasteiger partial charge in [-0.15, -0.1) is 0 Å². The fourth-order valence-electron chi connectivity index (χ4n) is 2.17. The minimum Gasteiger partial charge on any atom is -0.493 e. The molecule has 19 heavy (non-hydrogen) atoms. The Morgan fingerprint density at radius 1 is 1.42 bits per heavy atom. The summed E-state index contributed by atoms with van der Waals surface area (Å²) < 4.78 is 10.8. The SMILES string of the molecule is NCCOCCNC(=O)C1CCOc2ccccc21. The predicted octanol–water partition coefficient (Wildman–Crippen LogP) is 0.644. The highest BCUT2D eigenvalue weighted by molar-refractivity contribution is 5.84. The van der Waals surface area contributed by atoms with E-state index in [1.54, 1.807) is 0 Å². The number of amides is 1. The van der Waals surface area contributed by atoms with Crippen molar-refractivity contribution >= 4 is 5.91 Å². The van der Waals surface area contributed by atoms with E-state index < -0.39 is 0 Å². The highest BCUT2D eigenvalue weighted by atomic mass is 16.5. The number of rotatable bonds is 6. The summed E-state index contributed by atoms with van der Waals surface area (Å²) in [6, 6.07) is 7.70. The molecule has 5 heteroatoms.